The molecule has 0 saturated heterocycles. The van der Waals surface area contributed by atoms with Crippen molar-refractivity contribution in [1.29, 1.82) is 0 Å². The minimum absolute atomic E-state index is 0.187. The summed E-state index contributed by atoms with van der Waals surface area (Å²) < 4.78 is 10.5. The second kappa shape index (κ2) is 5.95. The molecule has 1 unspecified atom stereocenters. The second-order valence-electron chi connectivity index (χ2n) is 3.50. The smallest absolute Gasteiger partial charge is 0.265 e. The molecule has 1 rings (SSSR count). The van der Waals surface area contributed by atoms with Gasteiger partial charge in [-0.15, -0.1) is 0 Å². The Kier molecular flexibility index (Phi) is 4.86. The fraction of sp³-hybridized carbons (Fsp3) is 0.889. The van der Waals surface area contributed by atoms with Crippen molar-refractivity contribution < 1.29 is 14.3 Å². The number of rotatable bonds is 5. The maximum atomic E-state index is 11.2. The highest BCUT2D eigenvalue weighted by Gasteiger charge is 2.24. The van der Waals surface area contributed by atoms with E-state index in [0.29, 0.717) is 0 Å². The lowest BCUT2D eigenvalue weighted by atomic mass is 10.3. The molecule has 1 fully saturated rings. The molecule has 0 radical (unpaired) electrons. The number of hydrogen-bond donors (Lipinski definition) is 2. The van der Waals surface area contributed by atoms with Gasteiger partial charge in [0.25, 0.3) is 5.91 Å². The van der Waals surface area contributed by atoms with Crippen molar-refractivity contribution in [3.63, 3.8) is 0 Å². The van der Waals surface area contributed by atoms with Gasteiger partial charge in [-0.25, -0.2) is 5.84 Å². The number of amides is 1. The molecular formula is C9H18N2O3. The predicted molar refractivity (Wildman–Crippen MR) is 51.3 cm³/mol. The van der Waals surface area contributed by atoms with Crippen LogP contribution in [0.25, 0.3) is 0 Å². The van der Waals surface area contributed by atoms with E-state index in [9.17, 15) is 4.79 Å². The molecule has 0 aromatic carbocycles. The molecule has 1 saturated carbocycles. The van der Waals surface area contributed by atoms with E-state index in [1.807, 2.05) is 0 Å². The Morgan fingerprint density at radius 2 is 2.21 bits per heavy atom. The highest BCUT2D eigenvalue weighted by atomic mass is 16.5. The number of carbonyl (C=O) groups is 1. The van der Waals surface area contributed by atoms with E-state index in [1.54, 1.807) is 0 Å². The molecule has 5 heteroatoms. The highest BCUT2D eigenvalue weighted by Crippen LogP contribution is 2.22. The van der Waals surface area contributed by atoms with Crippen molar-refractivity contribution in [2.24, 2.45) is 5.84 Å². The maximum absolute atomic E-state index is 11.2. The third-order valence-electron chi connectivity index (χ3n) is 2.41. The van der Waals surface area contributed by atoms with E-state index in [-0.39, 0.29) is 18.6 Å². The quantitative estimate of drug-likeness (QED) is 0.372. The van der Waals surface area contributed by atoms with Crippen molar-refractivity contribution in [2.75, 3.05) is 13.7 Å². The molecule has 1 atom stereocenters. The molecule has 0 bridgehead atoms. The summed E-state index contributed by atoms with van der Waals surface area (Å²) in [4.78, 5) is 11.2. The van der Waals surface area contributed by atoms with Gasteiger partial charge >= 0.3 is 0 Å². The number of hydrazine groups is 1. The van der Waals surface area contributed by atoms with Crippen LogP contribution in [-0.2, 0) is 14.3 Å². The molecule has 82 valence electrons. The van der Waals surface area contributed by atoms with Crippen LogP contribution >= 0.6 is 0 Å². The van der Waals surface area contributed by atoms with Crippen LogP contribution in [0, 0.1) is 0 Å². The minimum Gasteiger partial charge on any atom is -0.381 e. The van der Waals surface area contributed by atoms with Crippen molar-refractivity contribution in [3.8, 4) is 0 Å². The first-order valence-electron chi connectivity index (χ1n) is 4.92. The summed E-state index contributed by atoms with van der Waals surface area (Å²) in [7, 11) is 1.54. The number of hydrogen-bond acceptors (Lipinski definition) is 4. The van der Waals surface area contributed by atoms with Gasteiger partial charge in [0.1, 0.15) is 0 Å². The van der Waals surface area contributed by atoms with Crippen molar-refractivity contribution in [3.05, 3.63) is 0 Å². The van der Waals surface area contributed by atoms with E-state index < -0.39 is 6.10 Å². The van der Waals surface area contributed by atoms with Crippen molar-refractivity contribution >= 4 is 5.91 Å². The average Bonchev–Trinajstić information content (AvgIpc) is 2.68. The SMILES string of the molecule is COCC(OC1CCCC1)C(=O)NN. The fourth-order valence-corrected chi connectivity index (χ4v) is 1.68. The number of carbonyl (C=O) groups excluding carboxylic acids is 1. The molecule has 0 heterocycles. The van der Waals surface area contributed by atoms with Crippen LogP contribution in [0.1, 0.15) is 25.7 Å². The maximum Gasteiger partial charge on any atom is 0.265 e. The Bertz CT molecular complexity index is 181. The zero-order valence-electron chi connectivity index (χ0n) is 8.49. The number of ether oxygens (including phenoxy) is 2. The Morgan fingerprint density at radius 3 is 2.71 bits per heavy atom. The first kappa shape index (κ1) is 11.4. The van der Waals surface area contributed by atoms with Gasteiger partial charge in [-0.3, -0.25) is 10.2 Å². The van der Waals surface area contributed by atoms with E-state index in [2.05, 4.69) is 5.43 Å². The molecule has 1 aliphatic carbocycles. The molecule has 0 aliphatic heterocycles. The van der Waals surface area contributed by atoms with Crippen LogP contribution in [0.15, 0.2) is 0 Å². The molecule has 1 amide bonds. The van der Waals surface area contributed by atoms with Crippen LogP contribution in [0.2, 0.25) is 0 Å². The Labute approximate surface area is 83.9 Å². The third-order valence-corrected chi connectivity index (χ3v) is 2.41. The molecule has 0 aromatic heterocycles. The van der Waals surface area contributed by atoms with E-state index in [4.69, 9.17) is 15.3 Å². The lowest BCUT2D eigenvalue weighted by molar-refractivity contribution is -0.140. The van der Waals surface area contributed by atoms with Gasteiger partial charge in [-0.2, -0.15) is 0 Å². The highest BCUT2D eigenvalue weighted by molar-refractivity contribution is 5.80. The summed E-state index contributed by atoms with van der Waals surface area (Å²) in [5, 5.41) is 0. The van der Waals surface area contributed by atoms with Gasteiger partial charge in [0, 0.05) is 7.11 Å². The van der Waals surface area contributed by atoms with Gasteiger partial charge in [0.05, 0.1) is 12.7 Å². The predicted octanol–water partition coefficient (Wildman–Crippen LogP) is -0.0495. The lowest BCUT2D eigenvalue weighted by Gasteiger charge is -2.19. The summed E-state index contributed by atoms with van der Waals surface area (Å²) in [5.74, 6) is 4.72. The molecule has 3 N–H and O–H groups in total. The summed E-state index contributed by atoms with van der Waals surface area (Å²) in [6.07, 6.45) is 4.01. The normalized spacial score (nSPS) is 19.6. The molecular weight excluding hydrogens is 184 g/mol. The molecule has 0 spiro atoms. The summed E-state index contributed by atoms with van der Waals surface area (Å²) in [6, 6.07) is 0. The standard InChI is InChI=1S/C9H18N2O3/c1-13-6-8(9(12)11-10)14-7-4-2-3-5-7/h7-8H,2-6,10H2,1H3,(H,11,12). The Morgan fingerprint density at radius 1 is 1.57 bits per heavy atom. The largest absolute Gasteiger partial charge is 0.381 e. The van der Waals surface area contributed by atoms with E-state index in [0.717, 1.165) is 12.8 Å². The zero-order valence-corrected chi connectivity index (χ0v) is 8.49. The summed E-state index contributed by atoms with van der Waals surface area (Å²) >= 11 is 0. The van der Waals surface area contributed by atoms with Crippen molar-refractivity contribution in [2.45, 2.75) is 37.9 Å². The monoisotopic (exact) mass is 202 g/mol. The van der Waals surface area contributed by atoms with Crippen LogP contribution < -0.4 is 11.3 Å². The minimum atomic E-state index is -0.576. The van der Waals surface area contributed by atoms with Gasteiger partial charge < -0.3 is 9.47 Å². The molecule has 14 heavy (non-hydrogen) atoms. The fourth-order valence-electron chi connectivity index (χ4n) is 1.68. The van der Waals surface area contributed by atoms with Crippen LogP contribution in [0.4, 0.5) is 0 Å². The van der Waals surface area contributed by atoms with Crippen LogP contribution in [0.3, 0.4) is 0 Å². The Hall–Kier alpha value is -0.650. The average molecular weight is 202 g/mol. The lowest BCUT2D eigenvalue weighted by Crippen LogP contribution is -2.44. The van der Waals surface area contributed by atoms with Gasteiger partial charge in [-0.1, -0.05) is 12.8 Å². The molecule has 5 nitrogen and oxygen atoms in total. The second-order valence-corrected chi connectivity index (χ2v) is 3.50. The van der Waals surface area contributed by atoms with Gasteiger partial charge in [-0.05, 0) is 12.8 Å². The topological polar surface area (TPSA) is 73.6 Å². The number of methoxy groups -OCH3 is 1. The van der Waals surface area contributed by atoms with Gasteiger partial charge in [0.2, 0.25) is 0 Å². The van der Waals surface area contributed by atoms with Gasteiger partial charge in [0.15, 0.2) is 6.10 Å². The van der Waals surface area contributed by atoms with E-state index >= 15 is 0 Å². The number of nitrogens with one attached hydrogen (secondary N) is 1. The van der Waals surface area contributed by atoms with E-state index in [1.165, 1.54) is 20.0 Å². The molecule has 0 aromatic rings. The summed E-state index contributed by atoms with van der Waals surface area (Å²) in [5.41, 5.74) is 2.08. The third kappa shape index (κ3) is 3.25. The zero-order chi connectivity index (χ0) is 10.4. The van der Waals surface area contributed by atoms with Crippen molar-refractivity contribution in [1.82, 2.24) is 5.43 Å². The first-order valence-corrected chi connectivity index (χ1v) is 4.92. The van der Waals surface area contributed by atoms with Crippen LogP contribution in [-0.4, -0.2) is 31.8 Å². The number of nitrogens with two attached hydrogens (primary N) is 1. The Balaban J connectivity index is 2.37. The molecule has 1 aliphatic rings. The summed E-state index contributed by atoms with van der Waals surface area (Å²) in [6.45, 7) is 0.250. The van der Waals surface area contributed by atoms with Crippen LogP contribution in [0.5, 0.6) is 0 Å². The first-order chi connectivity index (χ1) is 6.77.